The highest BCUT2D eigenvalue weighted by atomic mass is 16.5. The summed E-state index contributed by atoms with van der Waals surface area (Å²) in [6.45, 7) is 14.5. The molecular weight excluding hydrogens is 228 g/mol. The maximum atomic E-state index is 12.2. The summed E-state index contributed by atoms with van der Waals surface area (Å²) in [4.78, 5) is 12.2. The van der Waals surface area contributed by atoms with Gasteiger partial charge < -0.3 is 9.84 Å². The van der Waals surface area contributed by atoms with Crippen molar-refractivity contribution in [3.05, 3.63) is 0 Å². The summed E-state index contributed by atoms with van der Waals surface area (Å²) in [6.07, 6.45) is 0.841. The van der Waals surface area contributed by atoms with Crippen molar-refractivity contribution in [2.45, 2.75) is 67.4 Å². The molecule has 0 bridgehead atoms. The van der Waals surface area contributed by atoms with Gasteiger partial charge in [0.1, 0.15) is 6.61 Å². The van der Waals surface area contributed by atoms with Gasteiger partial charge in [0.2, 0.25) is 0 Å². The minimum atomic E-state index is -0.552. The molecule has 0 radical (unpaired) electrons. The van der Waals surface area contributed by atoms with Gasteiger partial charge in [-0.1, -0.05) is 48.5 Å². The number of hydrogen-bond acceptors (Lipinski definition) is 3. The van der Waals surface area contributed by atoms with Gasteiger partial charge in [-0.3, -0.25) is 4.79 Å². The van der Waals surface area contributed by atoms with Crippen molar-refractivity contribution in [2.24, 2.45) is 16.7 Å². The van der Waals surface area contributed by atoms with Crippen molar-refractivity contribution in [1.82, 2.24) is 0 Å². The lowest BCUT2D eigenvalue weighted by molar-refractivity contribution is -0.157. The summed E-state index contributed by atoms with van der Waals surface area (Å²) in [5.41, 5.74) is -0.0398. The second-order valence-corrected chi connectivity index (χ2v) is 7.38. The molecule has 1 N–H and O–H groups in total. The number of aliphatic hydroxyl groups excluding tert-OH is 1. The zero-order chi connectivity index (χ0) is 14.6. The van der Waals surface area contributed by atoms with Crippen LogP contribution in [-0.2, 0) is 9.53 Å². The predicted molar refractivity (Wildman–Crippen MR) is 74.3 cm³/mol. The quantitative estimate of drug-likeness (QED) is 0.769. The summed E-state index contributed by atoms with van der Waals surface area (Å²) in [5, 5.41) is 9.45. The molecule has 0 aromatic rings. The van der Waals surface area contributed by atoms with E-state index in [0.29, 0.717) is 6.42 Å². The molecule has 3 nitrogen and oxygen atoms in total. The zero-order valence-corrected chi connectivity index (χ0v) is 13.0. The van der Waals surface area contributed by atoms with Gasteiger partial charge in [-0.25, -0.2) is 0 Å². The van der Waals surface area contributed by atoms with E-state index in [4.69, 9.17) is 4.74 Å². The maximum Gasteiger partial charge on any atom is 0.309 e. The average molecular weight is 258 g/mol. The Morgan fingerprint density at radius 3 is 2.00 bits per heavy atom. The van der Waals surface area contributed by atoms with Crippen LogP contribution in [0.3, 0.4) is 0 Å². The molecule has 2 unspecified atom stereocenters. The Morgan fingerprint density at radius 2 is 1.67 bits per heavy atom. The number of aliphatic hydroxyl groups is 1. The summed E-state index contributed by atoms with van der Waals surface area (Å²) < 4.78 is 5.24. The lowest BCUT2D eigenvalue weighted by Gasteiger charge is -2.33. The predicted octanol–water partition coefficient (Wildman–Crippen LogP) is 3.40. The largest absolute Gasteiger partial charge is 0.463 e. The fourth-order valence-corrected chi connectivity index (χ4v) is 1.75. The topological polar surface area (TPSA) is 46.5 Å². The smallest absolute Gasteiger partial charge is 0.309 e. The van der Waals surface area contributed by atoms with Crippen LogP contribution in [0.1, 0.15) is 61.3 Å². The Balaban J connectivity index is 4.63. The standard InChI is InChI=1S/C15H30O3/c1-8-11(16)10-18-13(17)12(15(5,6)7)9-14(2,3)4/h11-12,16H,8-10H2,1-7H3. The van der Waals surface area contributed by atoms with E-state index in [2.05, 4.69) is 41.5 Å². The van der Waals surface area contributed by atoms with Gasteiger partial charge in [0, 0.05) is 0 Å². The van der Waals surface area contributed by atoms with E-state index < -0.39 is 6.10 Å². The molecule has 0 amide bonds. The van der Waals surface area contributed by atoms with Gasteiger partial charge in [0.05, 0.1) is 12.0 Å². The molecule has 0 aliphatic carbocycles. The molecule has 0 aliphatic rings. The number of rotatable bonds is 5. The van der Waals surface area contributed by atoms with E-state index >= 15 is 0 Å². The summed E-state index contributed by atoms with van der Waals surface area (Å²) in [6, 6.07) is 0. The van der Waals surface area contributed by atoms with Crippen molar-refractivity contribution in [2.75, 3.05) is 6.61 Å². The number of ether oxygens (including phenoxy) is 1. The zero-order valence-electron chi connectivity index (χ0n) is 13.0. The molecule has 18 heavy (non-hydrogen) atoms. The van der Waals surface area contributed by atoms with E-state index in [1.54, 1.807) is 0 Å². The Bertz CT molecular complexity index is 258. The second kappa shape index (κ2) is 6.55. The number of carbonyl (C=O) groups excluding carboxylic acids is 1. The Kier molecular flexibility index (Phi) is 6.35. The number of esters is 1. The van der Waals surface area contributed by atoms with Crippen LogP contribution in [0.2, 0.25) is 0 Å². The first-order chi connectivity index (χ1) is 7.97. The molecule has 0 fully saturated rings. The number of carbonyl (C=O) groups is 1. The van der Waals surface area contributed by atoms with Crippen molar-refractivity contribution < 1.29 is 14.6 Å². The highest BCUT2D eigenvalue weighted by molar-refractivity contribution is 5.73. The molecular formula is C15H30O3. The Hall–Kier alpha value is -0.570. The summed E-state index contributed by atoms with van der Waals surface area (Å²) in [7, 11) is 0. The van der Waals surface area contributed by atoms with Crippen molar-refractivity contribution >= 4 is 5.97 Å². The molecule has 2 atom stereocenters. The van der Waals surface area contributed by atoms with Crippen molar-refractivity contribution in [1.29, 1.82) is 0 Å². The van der Waals surface area contributed by atoms with Crippen LogP contribution < -0.4 is 0 Å². The first kappa shape index (κ1) is 17.4. The van der Waals surface area contributed by atoms with Gasteiger partial charge in [0.15, 0.2) is 0 Å². The van der Waals surface area contributed by atoms with E-state index in [-0.39, 0.29) is 29.3 Å². The molecule has 0 saturated heterocycles. The first-order valence-electron chi connectivity index (χ1n) is 6.82. The van der Waals surface area contributed by atoms with Crippen LogP contribution in [0.25, 0.3) is 0 Å². The molecule has 3 heteroatoms. The molecule has 0 rings (SSSR count). The van der Waals surface area contributed by atoms with Gasteiger partial charge in [-0.2, -0.15) is 0 Å². The lowest BCUT2D eigenvalue weighted by Crippen LogP contribution is -2.34. The van der Waals surface area contributed by atoms with Gasteiger partial charge in [-0.15, -0.1) is 0 Å². The minimum Gasteiger partial charge on any atom is -0.463 e. The summed E-state index contributed by atoms with van der Waals surface area (Å²) in [5.74, 6) is -0.327. The highest BCUT2D eigenvalue weighted by Gasteiger charge is 2.35. The van der Waals surface area contributed by atoms with E-state index in [0.717, 1.165) is 6.42 Å². The Morgan fingerprint density at radius 1 is 1.17 bits per heavy atom. The number of hydrogen-bond donors (Lipinski definition) is 1. The molecule has 0 aromatic heterocycles. The maximum absolute atomic E-state index is 12.2. The van der Waals surface area contributed by atoms with Crippen molar-refractivity contribution in [3.8, 4) is 0 Å². The van der Waals surface area contributed by atoms with Crippen LogP contribution in [-0.4, -0.2) is 23.8 Å². The van der Waals surface area contributed by atoms with E-state index in [1.807, 2.05) is 6.92 Å². The minimum absolute atomic E-state index is 0.0837. The fourth-order valence-electron chi connectivity index (χ4n) is 1.75. The van der Waals surface area contributed by atoms with Crippen LogP contribution >= 0.6 is 0 Å². The normalized spacial score (nSPS) is 16.2. The van der Waals surface area contributed by atoms with Crippen LogP contribution in [0.5, 0.6) is 0 Å². The molecule has 0 saturated carbocycles. The van der Waals surface area contributed by atoms with Gasteiger partial charge >= 0.3 is 5.97 Å². The molecule has 0 heterocycles. The third-order valence-corrected chi connectivity index (χ3v) is 3.04. The first-order valence-corrected chi connectivity index (χ1v) is 6.82. The molecule has 0 spiro atoms. The van der Waals surface area contributed by atoms with Crippen molar-refractivity contribution in [3.63, 3.8) is 0 Å². The average Bonchev–Trinajstić information content (AvgIpc) is 2.19. The monoisotopic (exact) mass is 258 g/mol. The third kappa shape index (κ3) is 7.00. The Labute approximate surface area is 112 Å². The third-order valence-electron chi connectivity index (χ3n) is 3.04. The van der Waals surface area contributed by atoms with Crippen LogP contribution in [0.15, 0.2) is 0 Å². The van der Waals surface area contributed by atoms with E-state index in [9.17, 15) is 9.90 Å². The highest BCUT2D eigenvalue weighted by Crippen LogP contribution is 2.36. The molecule has 108 valence electrons. The van der Waals surface area contributed by atoms with Crippen LogP contribution in [0.4, 0.5) is 0 Å². The fraction of sp³-hybridized carbons (Fsp3) is 0.933. The second-order valence-electron chi connectivity index (χ2n) is 7.38. The van der Waals surface area contributed by atoms with Crippen LogP contribution in [0, 0.1) is 16.7 Å². The SMILES string of the molecule is CCC(O)COC(=O)C(CC(C)(C)C)C(C)(C)C. The van der Waals surface area contributed by atoms with Gasteiger partial charge in [-0.05, 0) is 23.7 Å². The van der Waals surface area contributed by atoms with Gasteiger partial charge in [0.25, 0.3) is 0 Å². The molecule has 0 aromatic carbocycles. The summed E-state index contributed by atoms with van der Waals surface area (Å²) >= 11 is 0. The molecule has 0 aliphatic heterocycles. The van der Waals surface area contributed by atoms with E-state index in [1.165, 1.54) is 0 Å². The lowest BCUT2D eigenvalue weighted by atomic mass is 9.72.